The first-order valence-corrected chi connectivity index (χ1v) is 5.38. The van der Waals surface area contributed by atoms with E-state index in [1.54, 1.807) is 0 Å². The molecule has 0 fully saturated rings. The zero-order valence-corrected chi connectivity index (χ0v) is 12.1. The van der Waals surface area contributed by atoms with Gasteiger partial charge in [0.05, 0.1) is 5.69 Å². The first-order chi connectivity index (χ1) is 7.24. The third-order valence-corrected chi connectivity index (χ3v) is 2.70. The Morgan fingerprint density at radius 3 is 2.31 bits per heavy atom. The fraction of sp³-hybridized carbons (Fsp3) is 0.308. The Labute approximate surface area is 114 Å². The molecule has 0 radical (unpaired) electrons. The van der Waals surface area contributed by atoms with E-state index < -0.39 is 0 Å². The highest BCUT2D eigenvalue weighted by Gasteiger charge is 2.16. The highest BCUT2D eigenvalue weighted by atomic mass is 127. The third kappa shape index (κ3) is 2.29. The zero-order valence-electron chi connectivity index (χ0n) is 9.94. The lowest BCUT2D eigenvalue weighted by molar-refractivity contribution is -0.769. The Morgan fingerprint density at radius 2 is 1.75 bits per heavy atom. The molecule has 0 aliphatic heterocycles. The minimum atomic E-state index is 0. The van der Waals surface area contributed by atoms with Gasteiger partial charge in [0.2, 0.25) is 5.69 Å². The van der Waals surface area contributed by atoms with Gasteiger partial charge in [-0.1, -0.05) is 18.2 Å². The highest BCUT2D eigenvalue weighted by Crippen LogP contribution is 2.09. The number of aryl methyl sites for hydroxylation is 2. The van der Waals surface area contributed by atoms with E-state index in [1.165, 1.54) is 17.1 Å². The Kier molecular flexibility index (Phi) is 4.53. The molecule has 0 N–H and O–H groups in total. The average molecular weight is 328 g/mol. The van der Waals surface area contributed by atoms with Crippen molar-refractivity contribution in [2.75, 3.05) is 0 Å². The number of benzene rings is 1. The van der Waals surface area contributed by atoms with E-state index in [9.17, 15) is 0 Å². The molecule has 0 unspecified atom stereocenters. The van der Waals surface area contributed by atoms with Gasteiger partial charge >= 0.3 is 0 Å². The van der Waals surface area contributed by atoms with Gasteiger partial charge in [-0.05, 0) is 26.0 Å². The Bertz CT molecular complexity index is 460. The maximum Gasteiger partial charge on any atom is 0.205 e. The van der Waals surface area contributed by atoms with Gasteiger partial charge in [0, 0.05) is 13.0 Å². The molecular weight excluding hydrogens is 311 g/mol. The fourth-order valence-corrected chi connectivity index (χ4v) is 2.09. The molecule has 0 amide bonds. The van der Waals surface area contributed by atoms with E-state index in [2.05, 4.69) is 60.5 Å². The summed E-state index contributed by atoms with van der Waals surface area (Å²) in [7, 11) is 0. The van der Waals surface area contributed by atoms with Gasteiger partial charge < -0.3 is 24.0 Å². The van der Waals surface area contributed by atoms with Crippen LogP contribution in [0.5, 0.6) is 0 Å². The molecule has 0 bridgehead atoms. The van der Waals surface area contributed by atoms with Gasteiger partial charge in [-0.15, -0.1) is 9.36 Å². The van der Waals surface area contributed by atoms with E-state index in [0.717, 1.165) is 6.54 Å². The first-order valence-electron chi connectivity index (χ1n) is 5.38. The number of hydrogen-bond acceptors (Lipinski definition) is 0. The van der Waals surface area contributed by atoms with Crippen molar-refractivity contribution in [2.24, 2.45) is 0 Å². The maximum absolute atomic E-state index is 2.28. The second kappa shape index (κ2) is 5.48. The standard InChI is InChI=1S/C13H17N2.HI/c1-4-14-11(2)10-12(3)15(14)13-8-6-5-7-9-13;/h5-10H,4H2,1-3H3;1H/q+1;/p-1. The SMILES string of the molecule is CC[n+]1c(C)cc(C)n1-c1ccccc1.[I-]. The summed E-state index contributed by atoms with van der Waals surface area (Å²) in [5.74, 6) is 0. The van der Waals surface area contributed by atoms with Crippen LogP contribution in [0.1, 0.15) is 18.3 Å². The van der Waals surface area contributed by atoms with Crippen molar-refractivity contribution in [3.8, 4) is 5.69 Å². The second-order valence-corrected chi connectivity index (χ2v) is 3.79. The average Bonchev–Trinajstić information content (AvgIpc) is 2.54. The number of aromatic nitrogens is 2. The van der Waals surface area contributed by atoms with Crippen LogP contribution in [0.25, 0.3) is 5.69 Å². The van der Waals surface area contributed by atoms with Crippen LogP contribution in [0.2, 0.25) is 0 Å². The van der Waals surface area contributed by atoms with Crippen LogP contribution >= 0.6 is 0 Å². The molecule has 1 aromatic heterocycles. The summed E-state index contributed by atoms with van der Waals surface area (Å²) < 4.78 is 4.54. The smallest absolute Gasteiger partial charge is 0.205 e. The monoisotopic (exact) mass is 328 g/mol. The highest BCUT2D eigenvalue weighted by molar-refractivity contribution is 5.31. The largest absolute Gasteiger partial charge is 1.00 e. The molecule has 0 atom stereocenters. The van der Waals surface area contributed by atoms with Gasteiger partial charge in [-0.25, -0.2) is 0 Å². The Morgan fingerprint density at radius 1 is 1.12 bits per heavy atom. The molecule has 3 heteroatoms. The Balaban J connectivity index is 0.00000128. The lowest BCUT2D eigenvalue weighted by Crippen LogP contribution is -3.00. The summed E-state index contributed by atoms with van der Waals surface area (Å²) in [5, 5.41) is 0. The Hall–Kier alpha value is -0.840. The van der Waals surface area contributed by atoms with Crippen molar-refractivity contribution in [3.63, 3.8) is 0 Å². The second-order valence-electron chi connectivity index (χ2n) is 3.79. The molecule has 0 saturated carbocycles. The molecule has 1 aromatic carbocycles. The molecular formula is C13H17IN2. The summed E-state index contributed by atoms with van der Waals surface area (Å²) in [5.41, 5.74) is 3.81. The number of rotatable bonds is 2. The number of nitrogens with zero attached hydrogens (tertiary/aromatic N) is 2. The van der Waals surface area contributed by atoms with Crippen molar-refractivity contribution < 1.29 is 28.7 Å². The zero-order chi connectivity index (χ0) is 10.8. The summed E-state index contributed by atoms with van der Waals surface area (Å²) in [6, 6.07) is 12.7. The molecule has 2 aromatic rings. The van der Waals surface area contributed by atoms with Crippen LogP contribution in [0.3, 0.4) is 0 Å². The topological polar surface area (TPSA) is 8.81 Å². The van der Waals surface area contributed by atoms with E-state index in [-0.39, 0.29) is 24.0 Å². The summed E-state index contributed by atoms with van der Waals surface area (Å²) >= 11 is 0. The van der Waals surface area contributed by atoms with E-state index in [0.29, 0.717) is 0 Å². The van der Waals surface area contributed by atoms with Gasteiger partial charge in [0.1, 0.15) is 5.69 Å². The summed E-state index contributed by atoms with van der Waals surface area (Å²) in [4.78, 5) is 0. The van der Waals surface area contributed by atoms with Gasteiger partial charge in [0.15, 0.2) is 6.54 Å². The molecule has 1 heterocycles. The summed E-state index contributed by atoms with van der Waals surface area (Å²) in [6.45, 7) is 7.46. The maximum atomic E-state index is 2.28. The van der Waals surface area contributed by atoms with Crippen molar-refractivity contribution in [1.82, 2.24) is 4.68 Å². The normalized spacial score (nSPS) is 9.94. The van der Waals surface area contributed by atoms with Crippen LogP contribution in [-0.2, 0) is 6.54 Å². The van der Waals surface area contributed by atoms with Crippen molar-refractivity contribution >= 4 is 0 Å². The molecule has 2 rings (SSSR count). The molecule has 16 heavy (non-hydrogen) atoms. The quantitative estimate of drug-likeness (QED) is 0.515. The van der Waals surface area contributed by atoms with Crippen LogP contribution in [-0.4, -0.2) is 4.68 Å². The van der Waals surface area contributed by atoms with Gasteiger partial charge in [-0.2, -0.15) is 0 Å². The van der Waals surface area contributed by atoms with Crippen molar-refractivity contribution in [3.05, 3.63) is 47.8 Å². The number of para-hydroxylation sites is 1. The first kappa shape index (κ1) is 13.2. The molecule has 2 nitrogen and oxygen atoms in total. The van der Waals surface area contributed by atoms with Crippen molar-refractivity contribution in [2.45, 2.75) is 27.3 Å². The van der Waals surface area contributed by atoms with E-state index >= 15 is 0 Å². The van der Waals surface area contributed by atoms with Crippen LogP contribution in [0.15, 0.2) is 36.4 Å². The lowest BCUT2D eigenvalue weighted by atomic mass is 10.3. The van der Waals surface area contributed by atoms with Crippen molar-refractivity contribution in [1.29, 1.82) is 0 Å². The minimum absolute atomic E-state index is 0. The fourth-order valence-electron chi connectivity index (χ4n) is 2.09. The summed E-state index contributed by atoms with van der Waals surface area (Å²) in [6.07, 6.45) is 0. The van der Waals surface area contributed by atoms with Gasteiger partial charge in [-0.3, -0.25) is 0 Å². The third-order valence-electron chi connectivity index (χ3n) is 2.70. The molecule has 0 saturated heterocycles. The molecule has 0 aliphatic carbocycles. The van der Waals surface area contributed by atoms with E-state index in [4.69, 9.17) is 0 Å². The predicted molar refractivity (Wildman–Crippen MR) is 61.1 cm³/mol. The van der Waals surface area contributed by atoms with Crippen LogP contribution in [0.4, 0.5) is 0 Å². The number of halogens is 1. The molecule has 0 spiro atoms. The van der Waals surface area contributed by atoms with Crippen LogP contribution < -0.4 is 28.7 Å². The van der Waals surface area contributed by atoms with Gasteiger partial charge in [0.25, 0.3) is 0 Å². The number of hydrogen-bond donors (Lipinski definition) is 0. The lowest BCUT2D eigenvalue weighted by Gasteiger charge is -2.03. The molecule has 86 valence electrons. The molecule has 0 aliphatic rings. The van der Waals surface area contributed by atoms with Crippen LogP contribution in [0, 0.1) is 13.8 Å². The van der Waals surface area contributed by atoms with E-state index in [1.807, 2.05) is 6.07 Å². The predicted octanol–water partition coefficient (Wildman–Crippen LogP) is -0.594. The minimum Gasteiger partial charge on any atom is -1.00 e.